The van der Waals surface area contributed by atoms with Gasteiger partial charge in [0, 0.05) is 31.2 Å². The first-order chi connectivity index (χ1) is 7.36. The molecule has 1 saturated carbocycles. The van der Waals surface area contributed by atoms with Gasteiger partial charge in [-0.2, -0.15) is 0 Å². The first-order valence-corrected chi connectivity index (χ1v) is 5.84. The summed E-state index contributed by atoms with van der Waals surface area (Å²) in [7, 11) is 0. The molecule has 0 amide bonds. The van der Waals surface area contributed by atoms with E-state index < -0.39 is 0 Å². The van der Waals surface area contributed by atoms with Crippen molar-refractivity contribution in [2.75, 3.05) is 0 Å². The Labute approximate surface area is 91.3 Å². The van der Waals surface area contributed by atoms with Gasteiger partial charge in [0.15, 0.2) is 0 Å². The summed E-state index contributed by atoms with van der Waals surface area (Å²) in [6.07, 6.45) is 10.9. The Morgan fingerprint density at radius 1 is 1.40 bits per heavy atom. The smallest absolute Gasteiger partial charge is 0.0724 e. The molecule has 1 fully saturated rings. The molecule has 0 saturated heterocycles. The molecule has 2 rings (SSSR count). The van der Waals surface area contributed by atoms with E-state index >= 15 is 0 Å². The van der Waals surface area contributed by atoms with Crippen molar-refractivity contribution in [2.24, 2.45) is 5.92 Å². The fourth-order valence-corrected chi connectivity index (χ4v) is 2.31. The van der Waals surface area contributed by atoms with Gasteiger partial charge in [-0.05, 0) is 25.7 Å². The second kappa shape index (κ2) is 5.21. The molecule has 3 nitrogen and oxygen atoms in total. The molecule has 1 aromatic rings. The third kappa shape index (κ3) is 2.99. The van der Waals surface area contributed by atoms with Crippen molar-refractivity contribution < 1.29 is 0 Å². The molecule has 1 N–H and O–H groups in total. The van der Waals surface area contributed by atoms with Gasteiger partial charge in [-0.25, -0.2) is 0 Å². The Hall–Kier alpha value is -0.960. The molecule has 1 aliphatic carbocycles. The van der Waals surface area contributed by atoms with Crippen molar-refractivity contribution in [1.82, 2.24) is 15.3 Å². The third-order valence-corrected chi connectivity index (χ3v) is 3.33. The van der Waals surface area contributed by atoms with Crippen molar-refractivity contribution in [3.63, 3.8) is 0 Å². The van der Waals surface area contributed by atoms with Gasteiger partial charge < -0.3 is 5.32 Å². The molecule has 3 heteroatoms. The lowest BCUT2D eigenvalue weighted by Crippen LogP contribution is -2.32. The molecule has 0 unspecified atom stereocenters. The fraction of sp³-hybridized carbons (Fsp3) is 0.667. The van der Waals surface area contributed by atoms with Crippen LogP contribution in [0.15, 0.2) is 18.6 Å². The summed E-state index contributed by atoms with van der Waals surface area (Å²) in [5, 5.41) is 3.54. The number of nitrogens with one attached hydrogen (secondary N) is 1. The maximum Gasteiger partial charge on any atom is 0.0724 e. The van der Waals surface area contributed by atoms with Crippen LogP contribution in [0.25, 0.3) is 0 Å². The van der Waals surface area contributed by atoms with Crippen LogP contribution in [0.2, 0.25) is 0 Å². The Morgan fingerprint density at radius 2 is 2.20 bits per heavy atom. The second-order valence-corrected chi connectivity index (χ2v) is 4.41. The Balaban J connectivity index is 1.77. The number of hydrogen-bond acceptors (Lipinski definition) is 3. The van der Waals surface area contributed by atoms with Gasteiger partial charge in [-0.15, -0.1) is 0 Å². The summed E-state index contributed by atoms with van der Waals surface area (Å²) < 4.78 is 0. The number of hydrogen-bond donors (Lipinski definition) is 1. The van der Waals surface area contributed by atoms with Gasteiger partial charge in [-0.3, -0.25) is 9.97 Å². The molecule has 0 radical (unpaired) electrons. The zero-order valence-electron chi connectivity index (χ0n) is 9.32. The van der Waals surface area contributed by atoms with Crippen LogP contribution >= 0.6 is 0 Å². The van der Waals surface area contributed by atoms with Crippen LogP contribution < -0.4 is 5.32 Å². The van der Waals surface area contributed by atoms with Gasteiger partial charge in [0.2, 0.25) is 0 Å². The highest BCUT2D eigenvalue weighted by Gasteiger charge is 2.20. The largest absolute Gasteiger partial charge is 0.308 e. The van der Waals surface area contributed by atoms with Crippen molar-refractivity contribution in [2.45, 2.75) is 45.2 Å². The van der Waals surface area contributed by atoms with E-state index in [2.05, 4.69) is 22.2 Å². The molecular weight excluding hydrogens is 186 g/mol. The average molecular weight is 205 g/mol. The van der Waals surface area contributed by atoms with Crippen LogP contribution in [0.5, 0.6) is 0 Å². The summed E-state index contributed by atoms with van der Waals surface area (Å²) in [5.41, 5.74) is 1.03. The molecule has 1 aliphatic rings. The highest BCUT2D eigenvalue weighted by molar-refractivity contribution is 4.94. The van der Waals surface area contributed by atoms with E-state index in [4.69, 9.17) is 0 Å². The van der Waals surface area contributed by atoms with Crippen LogP contribution in [-0.4, -0.2) is 16.0 Å². The predicted molar refractivity (Wildman–Crippen MR) is 60.3 cm³/mol. The maximum absolute atomic E-state index is 4.25. The number of rotatable bonds is 4. The topological polar surface area (TPSA) is 37.8 Å². The summed E-state index contributed by atoms with van der Waals surface area (Å²) >= 11 is 0. The van der Waals surface area contributed by atoms with E-state index in [1.807, 2.05) is 6.20 Å². The first kappa shape index (κ1) is 10.6. The van der Waals surface area contributed by atoms with Crippen molar-refractivity contribution in [1.29, 1.82) is 0 Å². The fourth-order valence-electron chi connectivity index (χ4n) is 2.31. The average Bonchev–Trinajstić information content (AvgIpc) is 2.81. The van der Waals surface area contributed by atoms with Gasteiger partial charge in [0.25, 0.3) is 0 Å². The van der Waals surface area contributed by atoms with E-state index in [1.54, 1.807) is 12.4 Å². The molecule has 82 valence electrons. The minimum atomic E-state index is 0.606. The SMILES string of the molecule is C[C@@H](NCc1cnccn1)C1CCCC1. The summed E-state index contributed by atoms with van der Waals surface area (Å²) in [6, 6.07) is 0.606. The van der Waals surface area contributed by atoms with E-state index in [1.165, 1.54) is 25.7 Å². The molecule has 1 atom stereocenters. The van der Waals surface area contributed by atoms with Crippen LogP contribution in [0.1, 0.15) is 38.3 Å². The van der Waals surface area contributed by atoms with Crippen LogP contribution in [0.4, 0.5) is 0 Å². The van der Waals surface area contributed by atoms with Crippen LogP contribution in [0.3, 0.4) is 0 Å². The quantitative estimate of drug-likeness (QED) is 0.818. The van der Waals surface area contributed by atoms with E-state index in [0.717, 1.165) is 18.2 Å². The van der Waals surface area contributed by atoms with E-state index in [9.17, 15) is 0 Å². The zero-order valence-corrected chi connectivity index (χ0v) is 9.32. The standard InChI is InChI=1S/C12H19N3/c1-10(11-4-2-3-5-11)15-9-12-8-13-6-7-14-12/h6-8,10-11,15H,2-5,9H2,1H3/t10-/m1/s1. The molecule has 1 aromatic heterocycles. The minimum absolute atomic E-state index is 0.606. The minimum Gasteiger partial charge on any atom is -0.308 e. The predicted octanol–water partition coefficient (Wildman–Crippen LogP) is 2.14. The van der Waals surface area contributed by atoms with Crippen LogP contribution in [-0.2, 0) is 6.54 Å². The highest BCUT2D eigenvalue weighted by Crippen LogP contribution is 2.27. The van der Waals surface area contributed by atoms with Gasteiger partial charge in [0.1, 0.15) is 0 Å². The van der Waals surface area contributed by atoms with Crippen molar-refractivity contribution in [3.8, 4) is 0 Å². The normalized spacial score (nSPS) is 19.3. The summed E-state index contributed by atoms with van der Waals surface area (Å²) in [4.78, 5) is 8.31. The van der Waals surface area contributed by atoms with E-state index in [0.29, 0.717) is 6.04 Å². The lowest BCUT2D eigenvalue weighted by molar-refractivity contribution is 0.379. The van der Waals surface area contributed by atoms with Crippen LogP contribution in [0, 0.1) is 5.92 Å². The Kier molecular flexibility index (Phi) is 3.67. The molecule has 15 heavy (non-hydrogen) atoms. The third-order valence-electron chi connectivity index (χ3n) is 3.33. The summed E-state index contributed by atoms with van der Waals surface area (Å²) in [6.45, 7) is 3.12. The second-order valence-electron chi connectivity index (χ2n) is 4.41. The highest BCUT2D eigenvalue weighted by atomic mass is 14.9. The molecule has 0 aliphatic heterocycles. The number of nitrogens with zero attached hydrogens (tertiary/aromatic N) is 2. The van der Waals surface area contributed by atoms with E-state index in [-0.39, 0.29) is 0 Å². The first-order valence-electron chi connectivity index (χ1n) is 5.84. The molecule has 1 heterocycles. The Bertz CT molecular complexity index is 280. The summed E-state index contributed by atoms with van der Waals surface area (Å²) in [5.74, 6) is 0.863. The Morgan fingerprint density at radius 3 is 2.87 bits per heavy atom. The lowest BCUT2D eigenvalue weighted by atomic mass is 10.00. The number of aromatic nitrogens is 2. The zero-order chi connectivity index (χ0) is 10.5. The van der Waals surface area contributed by atoms with Crippen molar-refractivity contribution in [3.05, 3.63) is 24.3 Å². The van der Waals surface area contributed by atoms with Gasteiger partial charge >= 0.3 is 0 Å². The lowest BCUT2D eigenvalue weighted by Gasteiger charge is -2.19. The molecule has 0 bridgehead atoms. The molecular formula is C12H19N3. The maximum atomic E-state index is 4.25. The van der Waals surface area contributed by atoms with Gasteiger partial charge in [-0.1, -0.05) is 12.8 Å². The molecule has 0 spiro atoms. The molecule has 0 aromatic carbocycles. The van der Waals surface area contributed by atoms with Gasteiger partial charge in [0.05, 0.1) is 5.69 Å². The van der Waals surface area contributed by atoms with Crippen molar-refractivity contribution >= 4 is 0 Å². The monoisotopic (exact) mass is 205 g/mol.